The summed E-state index contributed by atoms with van der Waals surface area (Å²) in [6, 6.07) is 4.38. The van der Waals surface area contributed by atoms with Gasteiger partial charge >= 0.3 is 0 Å². The van der Waals surface area contributed by atoms with Crippen LogP contribution in [0.4, 0.5) is 0 Å². The minimum Gasteiger partial charge on any atom is -0.469 e. The molecular weight excluding hydrogens is 240 g/mol. The molecule has 4 heteroatoms. The summed E-state index contributed by atoms with van der Waals surface area (Å²) in [6.45, 7) is 8.69. The van der Waals surface area contributed by atoms with Gasteiger partial charge in [-0.2, -0.15) is 0 Å². The van der Waals surface area contributed by atoms with Crippen molar-refractivity contribution in [3.05, 3.63) is 24.2 Å². The molecule has 0 aromatic carbocycles. The molecule has 0 aliphatic carbocycles. The Labute approximate surface area is 116 Å². The third-order valence-corrected chi connectivity index (χ3v) is 3.40. The molecule has 1 aromatic heterocycles. The van der Waals surface area contributed by atoms with Crippen LogP contribution < -0.4 is 10.6 Å². The average molecular weight is 266 g/mol. The SMILES string of the molecule is CC(CCc1ccco1)NCC(=O)NC(C)C(C)C. The van der Waals surface area contributed by atoms with Crippen LogP contribution in [0.3, 0.4) is 0 Å². The van der Waals surface area contributed by atoms with Crippen LogP contribution in [0.25, 0.3) is 0 Å². The number of hydrogen-bond donors (Lipinski definition) is 2. The maximum atomic E-state index is 11.7. The summed E-state index contributed by atoms with van der Waals surface area (Å²) in [7, 11) is 0. The Morgan fingerprint density at radius 2 is 2.05 bits per heavy atom. The Balaban J connectivity index is 2.15. The number of rotatable bonds is 8. The van der Waals surface area contributed by atoms with Gasteiger partial charge in [0, 0.05) is 18.5 Å². The number of aryl methyl sites for hydroxylation is 1. The molecule has 0 aliphatic heterocycles. The number of nitrogens with one attached hydrogen (secondary N) is 2. The minimum absolute atomic E-state index is 0.0612. The van der Waals surface area contributed by atoms with E-state index < -0.39 is 0 Å². The smallest absolute Gasteiger partial charge is 0.234 e. The average Bonchev–Trinajstić information content (AvgIpc) is 2.86. The van der Waals surface area contributed by atoms with Crippen LogP contribution in [0.15, 0.2) is 22.8 Å². The summed E-state index contributed by atoms with van der Waals surface area (Å²) < 4.78 is 5.28. The molecule has 108 valence electrons. The van der Waals surface area contributed by atoms with Crippen LogP contribution in [0.2, 0.25) is 0 Å². The second-order valence-electron chi connectivity index (χ2n) is 5.50. The predicted molar refractivity (Wildman–Crippen MR) is 76.9 cm³/mol. The second-order valence-corrected chi connectivity index (χ2v) is 5.50. The van der Waals surface area contributed by atoms with Crippen LogP contribution in [0, 0.1) is 5.92 Å². The first-order valence-corrected chi connectivity index (χ1v) is 7.04. The lowest BCUT2D eigenvalue weighted by Gasteiger charge is -2.19. The van der Waals surface area contributed by atoms with Crippen LogP contribution in [-0.2, 0) is 11.2 Å². The van der Waals surface area contributed by atoms with Gasteiger partial charge in [0.2, 0.25) is 5.91 Å². The number of hydrogen-bond acceptors (Lipinski definition) is 3. The highest BCUT2D eigenvalue weighted by molar-refractivity contribution is 5.78. The van der Waals surface area contributed by atoms with E-state index in [4.69, 9.17) is 4.42 Å². The molecule has 0 saturated heterocycles. The lowest BCUT2D eigenvalue weighted by molar-refractivity contribution is -0.121. The summed E-state index contributed by atoms with van der Waals surface area (Å²) in [5, 5.41) is 6.22. The summed E-state index contributed by atoms with van der Waals surface area (Å²) in [5.41, 5.74) is 0. The fourth-order valence-electron chi connectivity index (χ4n) is 1.65. The van der Waals surface area contributed by atoms with Gasteiger partial charge < -0.3 is 15.1 Å². The van der Waals surface area contributed by atoms with Crippen LogP contribution in [-0.4, -0.2) is 24.5 Å². The molecule has 0 fully saturated rings. The van der Waals surface area contributed by atoms with Gasteiger partial charge in [-0.05, 0) is 38.3 Å². The number of carbonyl (C=O) groups excluding carboxylic acids is 1. The third-order valence-electron chi connectivity index (χ3n) is 3.40. The van der Waals surface area contributed by atoms with Crippen LogP contribution in [0.1, 0.15) is 39.9 Å². The Kier molecular flexibility index (Phi) is 6.64. The van der Waals surface area contributed by atoms with Crippen molar-refractivity contribution in [2.75, 3.05) is 6.54 Å². The molecule has 2 atom stereocenters. The fraction of sp³-hybridized carbons (Fsp3) is 0.667. The van der Waals surface area contributed by atoms with E-state index in [1.807, 2.05) is 19.1 Å². The molecular formula is C15H26N2O2. The third kappa shape index (κ3) is 6.43. The van der Waals surface area contributed by atoms with Crippen molar-refractivity contribution in [3.63, 3.8) is 0 Å². The van der Waals surface area contributed by atoms with Gasteiger partial charge in [-0.1, -0.05) is 13.8 Å². The van der Waals surface area contributed by atoms with Crippen LogP contribution in [0.5, 0.6) is 0 Å². The Bertz CT molecular complexity index is 360. The highest BCUT2D eigenvalue weighted by Crippen LogP contribution is 2.05. The summed E-state index contributed by atoms with van der Waals surface area (Å²) >= 11 is 0. The molecule has 1 heterocycles. The van der Waals surface area contributed by atoms with Crippen molar-refractivity contribution in [3.8, 4) is 0 Å². The summed E-state index contributed by atoms with van der Waals surface area (Å²) in [4.78, 5) is 11.7. The monoisotopic (exact) mass is 266 g/mol. The standard InChI is InChI=1S/C15H26N2O2/c1-11(2)13(4)17-15(18)10-16-12(3)7-8-14-6-5-9-19-14/h5-6,9,11-13,16H,7-8,10H2,1-4H3,(H,17,18). The molecule has 19 heavy (non-hydrogen) atoms. The fourth-order valence-corrected chi connectivity index (χ4v) is 1.65. The first kappa shape index (κ1) is 15.8. The van der Waals surface area contributed by atoms with E-state index in [1.165, 1.54) is 0 Å². The van der Waals surface area contributed by atoms with Crippen LogP contribution >= 0.6 is 0 Å². The molecule has 1 aromatic rings. The molecule has 2 N–H and O–H groups in total. The van der Waals surface area contributed by atoms with E-state index in [1.54, 1.807) is 6.26 Å². The summed E-state index contributed by atoms with van der Waals surface area (Å²) in [5.74, 6) is 1.51. The van der Waals surface area contributed by atoms with E-state index >= 15 is 0 Å². The largest absolute Gasteiger partial charge is 0.469 e. The molecule has 0 saturated carbocycles. The van der Waals surface area contributed by atoms with Gasteiger partial charge in [0.25, 0.3) is 0 Å². The maximum Gasteiger partial charge on any atom is 0.234 e. The highest BCUT2D eigenvalue weighted by atomic mass is 16.3. The lowest BCUT2D eigenvalue weighted by Crippen LogP contribution is -2.43. The molecule has 2 unspecified atom stereocenters. The second kappa shape index (κ2) is 8.00. The molecule has 0 aliphatic rings. The molecule has 1 amide bonds. The highest BCUT2D eigenvalue weighted by Gasteiger charge is 2.11. The van der Waals surface area contributed by atoms with Crippen molar-refractivity contribution in [1.29, 1.82) is 0 Å². The zero-order valence-corrected chi connectivity index (χ0v) is 12.4. The predicted octanol–water partition coefficient (Wildman–Crippen LogP) is 2.35. The Morgan fingerprint density at radius 3 is 2.63 bits per heavy atom. The molecule has 4 nitrogen and oxygen atoms in total. The first-order chi connectivity index (χ1) is 8.99. The van der Waals surface area contributed by atoms with Crippen molar-refractivity contribution in [2.24, 2.45) is 5.92 Å². The van der Waals surface area contributed by atoms with E-state index in [9.17, 15) is 4.79 Å². The molecule has 0 bridgehead atoms. The zero-order chi connectivity index (χ0) is 14.3. The normalized spacial score (nSPS) is 14.4. The van der Waals surface area contributed by atoms with E-state index in [-0.39, 0.29) is 11.9 Å². The minimum atomic E-state index is 0.0612. The van der Waals surface area contributed by atoms with Gasteiger partial charge in [-0.3, -0.25) is 4.79 Å². The number of carbonyl (C=O) groups is 1. The maximum absolute atomic E-state index is 11.7. The van der Waals surface area contributed by atoms with Gasteiger partial charge in [0.1, 0.15) is 5.76 Å². The first-order valence-electron chi connectivity index (χ1n) is 7.04. The number of amides is 1. The lowest BCUT2D eigenvalue weighted by atomic mass is 10.1. The van der Waals surface area contributed by atoms with Gasteiger partial charge in [-0.25, -0.2) is 0 Å². The molecule has 1 rings (SSSR count). The number of furan rings is 1. The molecule has 0 spiro atoms. The Morgan fingerprint density at radius 1 is 1.32 bits per heavy atom. The van der Waals surface area contributed by atoms with Gasteiger partial charge in [0.05, 0.1) is 12.8 Å². The van der Waals surface area contributed by atoms with E-state index in [2.05, 4.69) is 31.4 Å². The van der Waals surface area contributed by atoms with Gasteiger partial charge in [0.15, 0.2) is 0 Å². The van der Waals surface area contributed by atoms with Gasteiger partial charge in [-0.15, -0.1) is 0 Å². The Hall–Kier alpha value is -1.29. The summed E-state index contributed by atoms with van der Waals surface area (Å²) in [6.07, 6.45) is 3.54. The topological polar surface area (TPSA) is 54.3 Å². The van der Waals surface area contributed by atoms with E-state index in [0.29, 0.717) is 18.5 Å². The van der Waals surface area contributed by atoms with E-state index in [0.717, 1.165) is 18.6 Å². The van der Waals surface area contributed by atoms with Crippen molar-refractivity contribution in [2.45, 2.75) is 52.6 Å². The van der Waals surface area contributed by atoms with Crippen molar-refractivity contribution >= 4 is 5.91 Å². The quantitative estimate of drug-likeness (QED) is 0.759. The molecule has 0 radical (unpaired) electrons. The van der Waals surface area contributed by atoms with Crippen molar-refractivity contribution in [1.82, 2.24) is 10.6 Å². The van der Waals surface area contributed by atoms with Crippen molar-refractivity contribution < 1.29 is 9.21 Å². The zero-order valence-electron chi connectivity index (χ0n) is 12.4.